The number of hydrogen-bond donors (Lipinski definition) is 1. The van der Waals surface area contributed by atoms with E-state index >= 15 is 0 Å². The number of hydrogen-bond acceptors (Lipinski definition) is 6. The first-order valence-corrected chi connectivity index (χ1v) is 7.93. The van der Waals surface area contributed by atoms with E-state index in [1.54, 1.807) is 30.3 Å². The second-order valence-electron chi connectivity index (χ2n) is 5.58. The van der Waals surface area contributed by atoms with Crippen molar-refractivity contribution in [2.24, 2.45) is 0 Å². The Hall–Kier alpha value is -2.71. The van der Waals surface area contributed by atoms with Crippen LogP contribution in [0.4, 0.5) is 29.2 Å². The van der Waals surface area contributed by atoms with E-state index in [1.165, 1.54) is 18.3 Å². The first kappa shape index (κ1) is 25.3. The summed E-state index contributed by atoms with van der Waals surface area (Å²) >= 11 is 0. The number of halogens is 4. The summed E-state index contributed by atoms with van der Waals surface area (Å²) in [6.07, 6.45) is -7.07. The van der Waals surface area contributed by atoms with E-state index in [-0.39, 0.29) is 46.7 Å². The van der Waals surface area contributed by atoms with Crippen LogP contribution in [0, 0.1) is 11.3 Å². The molecule has 0 aliphatic rings. The van der Waals surface area contributed by atoms with Crippen molar-refractivity contribution in [2.75, 3.05) is 5.32 Å². The minimum atomic E-state index is -4.60. The molecule has 2 N–H and O–H groups in total. The summed E-state index contributed by atoms with van der Waals surface area (Å²) in [6.45, 7) is 0. The summed E-state index contributed by atoms with van der Waals surface area (Å²) in [5.74, 6) is -0.286. The number of anilines is 2. The van der Waals surface area contributed by atoms with E-state index in [9.17, 15) is 17.6 Å². The predicted molar refractivity (Wildman–Crippen MR) is 95.4 cm³/mol. The van der Waals surface area contributed by atoms with Gasteiger partial charge in [-0.3, -0.25) is 0 Å². The van der Waals surface area contributed by atoms with E-state index < -0.39 is 18.3 Å². The van der Waals surface area contributed by atoms with Crippen molar-refractivity contribution in [3.63, 3.8) is 0 Å². The number of benzene rings is 2. The molecule has 0 spiro atoms. The summed E-state index contributed by atoms with van der Waals surface area (Å²) < 4.78 is 54.7. The maximum absolute atomic E-state index is 13.1. The van der Waals surface area contributed by atoms with Crippen LogP contribution in [0.25, 0.3) is 11.3 Å². The van der Waals surface area contributed by atoms with Gasteiger partial charge in [0.05, 0.1) is 17.3 Å². The van der Waals surface area contributed by atoms with Crippen LogP contribution in [-0.4, -0.2) is 28.0 Å². The second kappa shape index (κ2) is 10.9. The molecule has 0 atom stereocenters. The molecule has 150 valence electrons. The largest absolute Gasteiger partial charge is 1.00 e. The Bertz CT molecular complexity index is 1030. The average molecular weight is 428 g/mol. The molecule has 3 aromatic rings. The Morgan fingerprint density at radius 3 is 2.50 bits per heavy atom. The fraction of sp³-hybridized carbons (Fsp3) is 0.105. The minimum Gasteiger partial charge on any atom is -0.870 e. The van der Waals surface area contributed by atoms with Crippen molar-refractivity contribution in [1.82, 2.24) is 9.97 Å². The monoisotopic (exact) mass is 428 g/mol. The third-order valence-electron chi connectivity index (χ3n) is 3.54. The van der Waals surface area contributed by atoms with Crippen LogP contribution in [0.3, 0.4) is 0 Å². The average Bonchev–Trinajstić information content (AvgIpc) is 2.68. The Labute approximate surface area is 191 Å². The molecular weight excluding hydrogens is 415 g/mol. The van der Waals surface area contributed by atoms with Crippen molar-refractivity contribution < 1.29 is 57.3 Å². The van der Waals surface area contributed by atoms with E-state index in [4.69, 9.17) is 5.26 Å². The maximum atomic E-state index is 13.1. The number of nitrogens with zero attached hydrogens (tertiary/aromatic N) is 3. The Kier molecular flexibility index (Phi) is 9.20. The van der Waals surface area contributed by atoms with Crippen molar-refractivity contribution in [3.05, 3.63) is 66.4 Å². The fourth-order valence-corrected chi connectivity index (χ4v) is 2.30. The van der Waals surface area contributed by atoms with Crippen LogP contribution in [0.1, 0.15) is 5.56 Å². The SMILES string of the molecule is N#Cc1cccc(-c2ccnc(Nc3cccc(OC(F)(F)C(F)F)c3)n2)c1.[Na+].[OH-]. The molecule has 11 heteroatoms. The minimum absolute atomic E-state index is 0. The van der Waals surface area contributed by atoms with Gasteiger partial charge in [-0.05, 0) is 30.3 Å². The molecule has 0 aliphatic carbocycles. The third kappa shape index (κ3) is 6.40. The molecule has 2 aromatic carbocycles. The molecule has 0 saturated carbocycles. The van der Waals surface area contributed by atoms with Gasteiger partial charge in [-0.2, -0.15) is 22.8 Å². The van der Waals surface area contributed by atoms with Gasteiger partial charge in [-0.15, -0.1) is 0 Å². The molecule has 3 rings (SSSR count). The van der Waals surface area contributed by atoms with Crippen LogP contribution in [0.2, 0.25) is 0 Å². The summed E-state index contributed by atoms with van der Waals surface area (Å²) in [5, 5.41) is 11.8. The van der Waals surface area contributed by atoms with E-state index in [0.29, 0.717) is 16.8 Å². The second-order valence-corrected chi connectivity index (χ2v) is 5.58. The summed E-state index contributed by atoms with van der Waals surface area (Å²) in [5.41, 5.74) is 1.96. The van der Waals surface area contributed by atoms with Crippen LogP contribution in [-0.2, 0) is 0 Å². The molecule has 0 amide bonds. The van der Waals surface area contributed by atoms with E-state index in [2.05, 4.69) is 20.0 Å². The van der Waals surface area contributed by atoms with Crippen molar-refractivity contribution in [1.29, 1.82) is 5.26 Å². The quantitative estimate of drug-likeness (QED) is 0.475. The maximum Gasteiger partial charge on any atom is 1.00 e. The zero-order valence-electron chi connectivity index (χ0n) is 15.6. The smallest absolute Gasteiger partial charge is 0.870 e. The molecule has 30 heavy (non-hydrogen) atoms. The zero-order valence-corrected chi connectivity index (χ0v) is 17.6. The van der Waals surface area contributed by atoms with Crippen molar-refractivity contribution in [2.45, 2.75) is 12.5 Å². The predicted octanol–water partition coefficient (Wildman–Crippen LogP) is 1.82. The van der Waals surface area contributed by atoms with Crippen molar-refractivity contribution >= 4 is 11.6 Å². The zero-order chi connectivity index (χ0) is 20.1. The fourth-order valence-electron chi connectivity index (χ4n) is 2.30. The Morgan fingerprint density at radius 2 is 1.80 bits per heavy atom. The molecule has 0 bridgehead atoms. The molecular formula is C19H13F4N4NaO2. The van der Waals surface area contributed by atoms with Gasteiger partial charge < -0.3 is 15.5 Å². The number of rotatable bonds is 6. The molecule has 6 nitrogen and oxygen atoms in total. The number of nitrogens with one attached hydrogen (secondary N) is 1. The molecule has 0 fully saturated rings. The van der Waals surface area contributed by atoms with Gasteiger partial charge in [0.25, 0.3) is 0 Å². The molecule has 0 saturated heterocycles. The number of ether oxygens (including phenoxy) is 1. The van der Waals surface area contributed by atoms with Gasteiger partial charge in [0.2, 0.25) is 5.95 Å². The molecule has 1 heterocycles. The molecule has 0 aliphatic heterocycles. The number of nitriles is 1. The van der Waals surface area contributed by atoms with Gasteiger partial charge in [-0.1, -0.05) is 18.2 Å². The van der Waals surface area contributed by atoms with Crippen LogP contribution in [0.5, 0.6) is 5.75 Å². The molecule has 1 aromatic heterocycles. The summed E-state index contributed by atoms with van der Waals surface area (Å²) in [6, 6.07) is 15.6. The topological polar surface area (TPSA) is 101 Å². The van der Waals surface area contributed by atoms with Gasteiger partial charge in [0.15, 0.2) is 0 Å². The van der Waals surface area contributed by atoms with Gasteiger partial charge in [-0.25, -0.2) is 9.97 Å². The normalized spacial score (nSPS) is 10.4. The standard InChI is InChI=1S/C19H12F4N4O.Na.H2O/c20-17(21)19(22,23)28-15-6-2-5-14(10-15)26-18-25-8-7-16(27-18)13-4-1-3-12(9-13)11-24;;/h1-10,17H,(H,25,26,27);;1H2/q;+1;/p-1. The van der Waals surface area contributed by atoms with E-state index in [1.807, 2.05) is 6.07 Å². The van der Waals surface area contributed by atoms with Crippen LogP contribution >= 0.6 is 0 Å². The Balaban J connectivity index is 0.00000225. The first-order chi connectivity index (χ1) is 13.4. The summed E-state index contributed by atoms with van der Waals surface area (Å²) in [7, 11) is 0. The number of aromatic nitrogens is 2. The van der Waals surface area contributed by atoms with Gasteiger partial charge in [0.1, 0.15) is 5.75 Å². The molecule has 0 unspecified atom stereocenters. The molecule has 0 radical (unpaired) electrons. The van der Waals surface area contributed by atoms with Crippen molar-refractivity contribution in [3.8, 4) is 23.1 Å². The Morgan fingerprint density at radius 1 is 1.07 bits per heavy atom. The first-order valence-electron chi connectivity index (χ1n) is 7.93. The van der Waals surface area contributed by atoms with Gasteiger partial charge >= 0.3 is 42.1 Å². The number of alkyl halides is 4. The van der Waals surface area contributed by atoms with Crippen LogP contribution < -0.4 is 39.6 Å². The van der Waals surface area contributed by atoms with Crippen LogP contribution in [0.15, 0.2) is 60.8 Å². The van der Waals surface area contributed by atoms with Gasteiger partial charge in [0, 0.05) is 23.5 Å². The third-order valence-corrected chi connectivity index (χ3v) is 3.54. The van der Waals surface area contributed by atoms with E-state index in [0.717, 1.165) is 12.1 Å². The summed E-state index contributed by atoms with van der Waals surface area (Å²) in [4.78, 5) is 8.34.